The van der Waals surface area contributed by atoms with Crippen molar-refractivity contribution in [2.45, 2.75) is 140 Å². The van der Waals surface area contributed by atoms with Crippen LogP contribution in [0.4, 0.5) is 0 Å². The minimum atomic E-state index is -0.833. The lowest BCUT2D eigenvalue weighted by Crippen LogP contribution is -2.51. The fourth-order valence-corrected chi connectivity index (χ4v) is 6.39. The number of ketones is 3. The zero-order chi connectivity index (χ0) is 38.0. The Morgan fingerprint density at radius 2 is 1.16 bits per heavy atom. The van der Waals surface area contributed by atoms with E-state index < -0.39 is 35.8 Å². The number of esters is 1. The molecule has 2 amide bonds. The molecule has 0 aliphatic heterocycles. The van der Waals surface area contributed by atoms with Crippen LogP contribution < -0.4 is 10.6 Å². The van der Waals surface area contributed by atoms with Gasteiger partial charge in [0.25, 0.3) is 0 Å². The first-order valence-electron chi connectivity index (χ1n) is 18.6. The average Bonchev–Trinajstić information content (AvgIpc) is 3.03. The number of Topliss-reactive ketones (excluding diaryl/α,β-unsaturated/α-hetero) is 3. The van der Waals surface area contributed by atoms with Crippen LogP contribution in [0.1, 0.15) is 128 Å². The van der Waals surface area contributed by atoms with E-state index in [1.54, 1.807) is 11.8 Å². The number of carbonyl (C=O) groups is 6. The van der Waals surface area contributed by atoms with Gasteiger partial charge in [-0.15, -0.1) is 0 Å². The van der Waals surface area contributed by atoms with E-state index in [9.17, 15) is 28.8 Å². The third kappa shape index (κ3) is 17.5. The van der Waals surface area contributed by atoms with Crippen molar-refractivity contribution in [1.82, 2.24) is 10.6 Å². The summed E-state index contributed by atoms with van der Waals surface area (Å²) in [6, 6.07) is -1.61. The summed E-state index contributed by atoms with van der Waals surface area (Å²) in [4.78, 5) is 80.7. The van der Waals surface area contributed by atoms with Crippen molar-refractivity contribution in [3.63, 3.8) is 0 Å². The maximum absolute atomic E-state index is 13.9. The van der Waals surface area contributed by atoms with Crippen LogP contribution in [0, 0.1) is 53.3 Å². The molecule has 0 aromatic heterocycles. The first-order valence-corrected chi connectivity index (χ1v) is 20.0. The second-order valence-corrected chi connectivity index (χ2v) is 16.6. The van der Waals surface area contributed by atoms with Crippen molar-refractivity contribution in [3.8, 4) is 0 Å². The number of amides is 2. The zero-order valence-corrected chi connectivity index (χ0v) is 33.8. The van der Waals surface area contributed by atoms with Crippen molar-refractivity contribution >= 4 is 46.9 Å². The summed E-state index contributed by atoms with van der Waals surface area (Å²) in [6.45, 7) is 23.4. The van der Waals surface area contributed by atoms with Crippen LogP contribution in [0.15, 0.2) is 0 Å². The Morgan fingerprint density at radius 1 is 0.653 bits per heavy atom. The molecule has 0 bridgehead atoms. The van der Waals surface area contributed by atoms with Gasteiger partial charge in [0.15, 0.2) is 11.6 Å². The number of hydrogen-bond acceptors (Lipinski definition) is 8. The molecule has 9 nitrogen and oxygen atoms in total. The summed E-state index contributed by atoms with van der Waals surface area (Å²) in [6.07, 6.45) is 4.18. The molecule has 0 aliphatic rings. The quantitative estimate of drug-likeness (QED) is 0.0910. The van der Waals surface area contributed by atoms with Crippen LogP contribution in [-0.2, 0) is 33.5 Å². The van der Waals surface area contributed by atoms with Crippen LogP contribution >= 0.6 is 11.8 Å². The molecule has 49 heavy (non-hydrogen) atoms. The summed E-state index contributed by atoms with van der Waals surface area (Å²) in [5.41, 5.74) is 0. The fraction of sp³-hybridized carbons (Fsp3) is 0.846. The highest BCUT2D eigenvalue weighted by Crippen LogP contribution is 2.25. The van der Waals surface area contributed by atoms with Crippen LogP contribution in [0.5, 0.6) is 0 Å². The molecule has 0 saturated carbocycles. The van der Waals surface area contributed by atoms with Gasteiger partial charge in [0, 0.05) is 36.5 Å². The summed E-state index contributed by atoms with van der Waals surface area (Å²) in [5, 5.41) is 5.94. The Kier molecular flexibility index (Phi) is 22.9. The molecule has 0 aromatic rings. The maximum Gasteiger partial charge on any atom is 0.306 e. The van der Waals surface area contributed by atoms with Gasteiger partial charge < -0.3 is 15.4 Å². The molecule has 0 spiro atoms. The van der Waals surface area contributed by atoms with E-state index in [0.29, 0.717) is 31.4 Å². The summed E-state index contributed by atoms with van der Waals surface area (Å²) >= 11 is 1.58. The minimum Gasteiger partial charge on any atom is -0.465 e. The predicted octanol–water partition coefficient (Wildman–Crippen LogP) is 7.08. The first-order chi connectivity index (χ1) is 22.8. The van der Waals surface area contributed by atoms with Crippen molar-refractivity contribution in [2.75, 3.05) is 18.6 Å². The molecule has 2 N–H and O–H groups in total. The van der Waals surface area contributed by atoms with Gasteiger partial charge in [0.2, 0.25) is 11.8 Å². The molecular formula is C39H70N2O7S. The van der Waals surface area contributed by atoms with Crippen LogP contribution in [0.2, 0.25) is 0 Å². The monoisotopic (exact) mass is 710 g/mol. The van der Waals surface area contributed by atoms with Gasteiger partial charge in [-0.2, -0.15) is 11.8 Å². The van der Waals surface area contributed by atoms with E-state index in [1.807, 2.05) is 89.3 Å². The Bertz CT molecular complexity index is 1060. The SMILES string of the molecule is CCC(C)C(NC(=O)C(CCSC)CC(=O)OCC(C)C)C(=O)CC(C(=O)NC(C(=O)CC(CC(C)C)C(=O)C(C)C)C(C)CC)C(C)C. The minimum absolute atomic E-state index is 0.0585. The normalized spacial score (nSPS) is 16.1. The lowest BCUT2D eigenvalue weighted by molar-refractivity contribution is -0.148. The van der Waals surface area contributed by atoms with Crippen molar-refractivity contribution < 1.29 is 33.5 Å². The fourth-order valence-electron chi connectivity index (χ4n) is 5.87. The second-order valence-electron chi connectivity index (χ2n) is 15.6. The lowest BCUT2D eigenvalue weighted by Gasteiger charge is -2.30. The van der Waals surface area contributed by atoms with Gasteiger partial charge in [-0.05, 0) is 54.4 Å². The van der Waals surface area contributed by atoms with Gasteiger partial charge in [-0.3, -0.25) is 28.8 Å². The number of thioether (sulfide) groups is 1. The molecule has 0 aromatic carbocycles. The number of rotatable bonds is 26. The van der Waals surface area contributed by atoms with Crippen molar-refractivity contribution in [3.05, 3.63) is 0 Å². The number of carbonyl (C=O) groups excluding carboxylic acids is 6. The van der Waals surface area contributed by atoms with Gasteiger partial charge >= 0.3 is 5.97 Å². The van der Waals surface area contributed by atoms with Gasteiger partial charge in [0.1, 0.15) is 5.78 Å². The Morgan fingerprint density at radius 3 is 1.59 bits per heavy atom. The van der Waals surface area contributed by atoms with E-state index in [-0.39, 0.29) is 90.5 Å². The highest BCUT2D eigenvalue weighted by Gasteiger charge is 2.37. The van der Waals surface area contributed by atoms with Crippen LogP contribution in [0.3, 0.4) is 0 Å². The Balaban J connectivity index is 6.09. The van der Waals surface area contributed by atoms with Gasteiger partial charge in [-0.25, -0.2) is 0 Å². The Hall–Kier alpha value is -2.23. The molecule has 0 aliphatic carbocycles. The van der Waals surface area contributed by atoms with E-state index in [0.717, 1.165) is 0 Å². The van der Waals surface area contributed by atoms with Gasteiger partial charge in [-0.1, -0.05) is 95.9 Å². The Labute approximate surface area is 302 Å². The largest absolute Gasteiger partial charge is 0.465 e. The third-order valence-corrected chi connectivity index (χ3v) is 10.1. The smallest absolute Gasteiger partial charge is 0.306 e. The highest BCUT2D eigenvalue weighted by atomic mass is 32.2. The summed E-state index contributed by atoms with van der Waals surface area (Å²) < 4.78 is 5.35. The number of nitrogens with one attached hydrogen (secondary N) is 2. The third-order valence-electron chi connectivity index (χ3n) is 9.48. The molecule has 284 valence electrons. The van der Waals surface area contributed by atoms with E-state index >= 15 is 0 Å². The second kappa shape index (κ2) is 24.0. The van der Waals surface area contributed by atoms with Crippen LogP contribution in [0.25, 0.3) is 0 Å². The molecule has 0 fully saturated rings. The molecule has 0 heterocycles. The number of ether oxygens (including phenoxy) is 1. The average molecular weight is 711 g/mol. The molecule has 7 unspecified atom stereocenters. The lowest BCUT2D eigenvalue weighted by atomic mass is 9.81. The molecule has 7 atom stereocenters. The van der Waals surface area contributed by atoms with Crippen molar-refractivity contribution in [1.29, 1.82) is 0 Å². The van der Waals surface area contributed by atoms with E-state index in [2.05, 4.69) is 10.6 Å². The zero-order valence-electron chi connectivity index (χ0n) is 33.0. The molecule has 0 radical (unpaired) electrons. The summed E-state index contributed by atoms with van der Waals surface area (Å²) in [5.74, 6) is -2.99. The number of hydrogen-bond donors (Lipinski definition) is 2. The topological polar surface area (TPSA) is 136 Å². The van der Waals surface area contributed by atoms with Gasteiger partial charge in [0.05, 0.1) is 25.1 Å². The molecule has 10 heteroatoms. The highest BCUT2D eigenvalue weighted by molar-refractivity contribution is 7.98. The predicted molar refractivity (Wildman–Crippen MR) is 200 cm³/mol. The van der Waals surface area contributed by atoms with Crippen molar-refractivity contribution in [2.24, 2.45) is 53.3 Å². The standard InChI is InChI=1S/C39H70N2O7S/c1-14-27(11)35(32(42)19-30(18-23(3)4)37(45)26(9)10)41-39(47)31(25(7)8)21-33(43)36(28(12)15-2)40-38(46)29(16-17-49-13)20-34(44)48-22-24(5)6/h23-31,35-36H,14-22H2,1-13H3,(H,40,46)(H,41,47). The summed E-state index contributed by atoms with van der Waals surface area (Å²) in [7, 11) is 0. The maximum atomic E-state index is 13.9. The molecule has 0 rings (SSSR count). The van der Waals surface area contributed by atoms with Crippen LogP contribution in [-0.4, -0.2) is 65.8 Å². The van der Waals surface area contributed by atoms with E-state index in [1.165, 1.54) is 0 Å². The molecular weight excluding hydrogens is 641 g/mol. The van der Waals surface area contributed by atoms with E-state index in [4.69, 9.17) is 4.74 Å². The first kappa shape index (κ1) is 46.8. The molecule has 0 saturated heterocycles.